The maximum absolute atomic E-state index is 11.2. The number of ether oxygens (including phenoxy) is 2. The molecule has 104 valence electrons. The Morgan fingerprint density at radius 2 is 1.68 bits per heavy atom. The van der Waals surface area contributed by atoms with E-state index in [0.29, 0.717) is 0 Å². The summed E-state index contributed by atoms with van der Waals surface area (Å²) in [7, 11) is 3.27. The fourth-order valence-corrected chi connectivity index (χ4v) is 2.40. The Morgan fingerprint density at radius 3 is 2.11 bits per heavy atom. The van der Waals surface area contributed by atoms with Crippen LogP contribution in [0, 0.1) is 5.92 Å². The fourth-order valence-electron chi connectivity index (χ4n) is 2.40. The van der Waals surface area contributed by atoms with Gasteiger partial charge in [-0.1, -0.05) is 0 Å². The molecular formula is C14H20N2O3. The van der Waals surface area contributed by atoms with Gasteiger partial charge in [0.1, 0.15) is 11.5 Å². The van der Waals surface area contributed by atoms with Crippen LogP contribution in [0.3, 0.4) is 0 Å². The average Bonchev–Trinajstić information content (AvgIpc) is 2.46. The highest BCUT2D eigenvalue weighted by molar-refractivity contribution is 5.77. The van der Waals surface area contributed by atoms with Crippen molar-refractivity contribution in [2.75, 3.05) is 32.2 Å². The quantitative estimate of drug-likeness (QED) is 0.893. The lowest BCUT2D eigenvalue weighted by Gasteiger charge is -2.32. The Bertz CT molecular complexity index is 432. The first-order valence-electron chi connectivity index (χ1n) is 6.41. The fraction of sp³-hybridized carbons (Fsp3) is 0.500. The van der Waals surface area contributed by atoms with Gasteiger partial charge in [0, 0.05) is 42.9 Å². The second kappa shape index (κ2) is 5.82. The Hall–Kier alpha value is -1.91. The second-order valence-corrected chi connectivity index (χ2v) is 4.73. The molecule has 1 fully saturated rings. The zero-order chi connectivity index (χ0) is 13.8. The van der Waals surface area contributed by atoms with Crippen LogP contribution in [0.1, 0.15) is 12.8 Å². The van der Waals surface area contributed by atoms with Gasteiger partial charge in [0.25, 0.3) is 0 Å². The van der Waals surface area contributed by atoms with E-state index in [1.54, 1.807) is 14.2 Å². The number of anilines is 1. The van der Waals surface area contributed by atoms with Crippen LogP contribution in [-0.4, -0.2) is 33.2 Å². The smallest absolute Gasteiger partial charge is 0.220 e. The zero-order valence-electron chi connectivity index (χ0n) is 11.4. The van der Waals surface area contributed by atoms with Gasteiger partial charge in [0.2, 0.25) is 5.91 Å². The van der Waals surface area contributed by atoms with Crippen LogP contribution < -0.4 is 20.1 Å². The molecule has 0 unspecified atom stereocenters. The van der Waals surface area contributed by atoms with Crippen LogP contribution in [0.2, 0.25) is 0 Å². The normalized spacial score (nSPS) is 16.2. The van der Waals surface area contributed by atoms with Crippen LogP contribution in [0.25, 0.3) is 0 Å². The molecule has 1 aromatic carbocycles. The number of hydrogen-bond acceptors (Lipinski definition) is 4. The molecule has 5 nitrogen and oxygen atoms in total. The van der Waals surface area contributed by atoms with E-state index < -0.39 is 0 Å². The summed E-state index contributed by atoms with van der Waals surface area (Å²) in [5.41, 5.74) is 6.40. The van der Waals surface area contributed by atoms with E-state index in [1.807, 2.05) is 18.2 Å². The van der Waals surface area contributed by atoms with Gasteiger partial charge < -0.3 is 20.1 Å². The summed E-state index contributed by atoms with van der Waals surface area (Å²) < 4.78 is 10.5. The van der Waals surface area contributed by atoms with Gasteiger partial charge in [-0.15, -0.1) is 0 Å². The van der Waals surface area contributed by atoms with Crippen LogP contribution in [0.4, 0.5) is 5.69 Å². The zero-order valence-corrected chi connectivity index (χ0v) is 11.4. The number of amides is 1. The Labute approximate surface area is 113 Å². The highest BCUT2D eigenvalue weighted by Crippen LogP contribution is 2.30. The van der Waals surface area contributed by atoms with Gasteiger partial charge in [-0.3, -0.25) is 4.79 Å². The van der Waals surface area contributed by atoms with Crippen molar-refractivity contribution in [2.24, 2.45) is 11.7 Å². The van der Waals surface area contributed by atoms with E-state index in [0.717, 1.165) is 43.1 Å². The van der Waals surface area contributed by atoms with Gasteiger partial charge in [-0.05, 0) is 12.8 Å². The maximum atomic E-state index is 11.2. The third kappa shape index (κ3) is 3.10. The van der Waals surface area contributed by atoms with E-state index in [9.17, 15) is 4.79 Å². The van der Waals surface area contributed by atoms with Crippen molar-refractivity contribution in [1.29, 1.82) is 0 Å². The first kappa shape index (κ1) is 13.5. The Morgan fingerprint density at radius 1 is 1.16 bits per heavy atom. The SMILES string of the molecule is COc1cc(OC)cc(N2CCC(C(N)=O)CC2)c1. The number of methoxy groups -OCH3 is 2. The van der Waals surface area contributed by atoms with E-state index in [-0.39, 0.29) is 11.8 Å². The first-order chi connectivity index (χ1) is 9.13. The molecule has 0 bridgehead atoms. The summed E-state index contributed by atoms with van der Waals surface area (Å²) in [6.07, 6.45) is 1.60. The lowest BCUT2D eigenvalue weighted by Crippen LogP contribution is -2.38. The molecule has 0 saturated carbocycles. The summed E-state index contributed by atoms with van der Waals surface area (Å²) in [5, 5.41) is 0. The number of primary amides is 1. The molecule has 1 saturated heterocycles. The van der Waals surface area contributed by atoms with E-state index >= 15 is 0 Å². The summed E-state index contributed by atoms with van der Waals surface area (Å²) in [6.45, 7) is 1.65. The lowest BCUT2D eigenvalue weighted by atomic mass is 9.96. The van der Waals surface area contributed by atoms with Gasteiger partial charge >= 0.3 is 0 Å². The summed E-state index contributed by atoms with van der Waals surface area (Å²) in [4.78, 5) is 13.4. The Balaban J connectivity index is 2.12. The predicted octanol–water partition coefficient (Wildman–Crippen LogP) is 1.41. The van der Waals surface area contributed by atoms with Crippen molar-refractivity contribution in [1.82, 2.24) is 0 Å². The molecule has 0 atom stereocenters. The summed E-state index contributed by atoms with van der Waals surface area (Å²) in [6, 6.07) is 5.81. The molecule has 19 heavy (non-hydrogen) atoms. The molecule has 0 aliphatic carbocycles. The number of hydrogen-bond donors (Lipinski definition) is 1. The van der Waals surface area contributed by atoms with Crippen LogP contribution in [-0.2, 0) is 4.79 Å². The minimum atomic E-state index is -0.192. The highest BCUT2D eigenvalue weighted by Gasteiger charge is 2.23. The lowest BCUT2D eigenvalue weighted by molar-refractivity contribution is -0.122. The molecule has 0 radical (unpaired) electrons. The molecule has 0 spiro atoms. The average molecular weight is 264 g/mol. The van der Waals surface area contributed by atoms with Gasteiger partial charge in [0.05, 0.1) is 14.2 Å². The molecule has 0 aromatic heterocycles. The number of nitrogens with two attached hydrogens (primary N) is 1. The number of piperidine rings is 1. The van der Waals surface area contributed by atoms with Gasteiger partial charge in [0.15, 0.2) is 0 Å². The third-order valence-electron chi connectivity index (χ3n) is 3.60. The highest BCUT2D eigenvalue weighted by atomic mass is 16.5. The maximum Gasteiger partial charge on any atom is 0.220 e. The minimum Gasteiger partial charge on any atom is -0.497 e. The third-order valence-corrected chi connectivity index (χ3v) is 3.60. The van der Waals surface area contributed by atoms with Crippen molar-refractivity contribution in [2.45, 2.75) is 12.8 Å². The number of nitrogens with zero attached hydrogens (tertiary/aromatic N) is 1. The van der Waals surface area contributed by atoms with Crippen molar-refractivity contribution in [3.8, 4) is 11.5 Å². The summed E-state index contributed by atoms with van der Waals surface area (Å²) >= 11 is 0. The van der Waals surface area contributed by atoms with E-state index in [4.69, 9.17) is 15.2 Å². The summed E-state index contributed by atoms with van der Waals surface area (Å²) in [5.74, 6) is 1.35. The molecule has 1 aliphatic rings. The molecule has 1 aliphatic heterocycles. The number of benzene rings is 1. The number of carbonyl (C=O) groups excluding carboxylic acids is 1. The first-order valence-corrected chi connectivity index (χ1v) is 6.41. The topological polar surface area (TPSA) is 64.8 Å². The molecule has 1 amide bonds. The number of carbonyl (C=O) groups is 1. The molecule has 2 rings (SSSR count). The van der Waals surface area contributed by atoms with Crippen molar-refractivity contribution in [3.05, 3.63) is 18.2 Å². The van der Waals surface area contributed by atoms with Crippen LogP contribution in [0.5, 0.6) is 11.5 Å². The molecule has 5 heteroatoms. The Kier molecular flexibility index (Phi) is 4.14. The van der Waals surface area contributed by atoms with Crippen LogP contribution in [0.15, 0.2) is 18.2 Å². The monoisotopic (exact) mass is 264 g/mol. The van der Waals surface area contributed by atoms with E-state index in [1.165, 1.54) is 0 Å². The second-order valence-electron chi connectivity index (χ2n) is 4.73. The predicted molar refractivity (Wildman–Crippen MR) is 73.7 cm³/mol. The molecule has 2 N–H and O–H groups in total. The largest absolute Gasteiger partial charge is 0.497 e. The standard InChI is InChI=1S/C14H20N2O3/c1-18-12-7-11(8-13(9-12)19-2)16-5-3-10(4-6-16)14(15)17/h7-10H,3-6H2,1-2H3,(H2,15,17). The number of rotatable bonds is 4. The van der Waals surface area contributed by atoms with Crippen molar-refractivity contribution in [3.63, 3.8) is 0 Å². The minimum absolute atomic E-state index is 0.00348. The van der Waals surface area contributed by atoms with Gasteiger partial charge in [-0.25, -0.2) is 0 Å². The molecular weight excluding hydrogens is 244 g/mol. The molecule has 1 aromatic rings. The van der Waals surface area contributed by atoms with Gasteiger partial charge in [-0.2, -0.15) is 0 Å². The van der Waals surface area contributed by atoms with Crippen molar-refractivity contribution >= 4 is 11.6 Å². The van der Waals surface area contributed by atoms with E-state index in [2.05, 4.69) is 4.90 Å². The van der Waals surface area contributed by atoms with Crippen LogP contribution >= 0.6 is 0 Å². The molecule has 1 heterocycles. The van der Waals surface area contributed by atoms with Crippen molar-refractivity contribution < 1.29 is 14.3 Å².